The maximum Gasteiger partial charge on any atom is 0.306 e. The average molecular weight is 463 g/mol. The lowest BCUT2D eigenvalue weighted by Crippen LogP contribution is -2.38. The normalized spacial score (nSPS) is 11.2. The standard InChI is InChI=1S/C23H31ClN4O4/c1-6-27(21(30)12-13-22(31)32-7-2)15-20(29)25-19-14-18(23(3,4)5)26-28(19)17-11-9-8-10-16(17)24/h8-11,14H,6-7,12-13,15H2,1-5H3,(H,25,29). The Hall–Kier alpha value is -2.87. The second-order valence-electron chi connectivity index (χ2n) is 8.29. The van der Waals surface area contributed by atoms with Gasteiger partial charge >= 0.3 is 5.97 Å². The zero-order chi connectivity index (χ0) is 23.9. The van der Waals surface area contributed by atoms with Gasteiger partial charge in [-0.15, -0.1) is 0 Å². The molecular weight excluding hydrogens is 432 g/mol. The number of benzene rings is 1. The van der Waals surface area contributed by atoms with Crippen LogP contribution in [0.25, 0.3) is 5.69 Å². The van der Waals surface area contributed by atoms with Gasteiger partial charge in [-0.25, -0.2) is 4.68 Å². The SMILES string of the molecule is CCOC(=O)CCC(=O)N(CC)CC(=O)Nc1cc(C(C)(C)C)nn1-c1ccccc1Cl. The molecule has 174 valence electrons. The summed E-state index contributed by atoms with van der Waals surface area (Å²) in [5.74, 6) is -0.626. The molecule has 9 heteroatoms. The molecule has 0 fully saturated rings. The number of para-hydroxylation sites is 1. The molecule has 32 heavy (non-hydrogen) atoms. The first-order valence-electron chi connectivity index (χ1n) is 10.7. The molecule has 8 nitrogen and oxygen atoms in total. The lowest BCUT2D eigenvalue weighted by Gasteiger charge is -2.20. The predicted molar refractivity (Wildman–Crippen MR) is 124 cm³/mol. The first kappa shape index (κ1) is 25.4. The van der Waals surface area contributed by atoms with Crippen LogP contribution in [0.4, 0.5) is 5.82 Å². The first-order valence-corrected chi connectivity index (χ1v) is 11.0. The van der Waals surface area contributed by atoms with Crippen molar-refractivity contribution in [1.29, 1.82) is 0 Å². The first-order chi connectivity index (χ1) is 15.1. The molecule has 1 aromatic heterocycles. The van der Waals surface area contributed by atoms with Crippen molar-refractivity contribution in [2.24, 2.45) is 0 Å². The van der Waals surface area contributed by atoms with Gasteiger partial charge in [-0.3, -0.25) is 14.4 Å². The number of esters is 1. The smallest absolute Gasteiger partial charge is 0.306 e. The van der Waals surface area contributed by atoms with E-state index in [1.165, 1.54) is 4.90 Å². The summed E-state index contributed by atoms with van der Waals surface area (Å²) in [7, 11) is 0. The Bertz CT molecular complexity index is 965. The van der Waals surface area contributed by atoms with Gasteiger partial charge in [0.15, 0.2) is 0 Å². The largest absolute Gasteiger partial charge is 0.466 e. The number of carbonyl (C=O) groups is 3. The van der Waals surface area contributed by atoms with E-state index >= 15 is 0 Å². The molecule has 2 aromatic rings. The van der Waals surface area contributed by atoms with Crippen molar-refractivity contribution >= 4 is 35.2 Å². The van der Waals surface area contributed by atoms with Gasteiger partial charge in [0, 0.05) is 24.4 Å². The highest BCUT2D eigenvalue weighted by atomic mass is 35.5. The third-order valence-corrected chi connectivity index (χ3v) is 5.06. The monoisotopic (exact) mass is 462 g/mol. The van der Waals surface area contributed by atoms with E-state index in [0.29, 0.717) is 23.1 Å². The number of nitrogens with one attached hydrogen (secondary N) is 1. The fourth-order valence-electron chi connectivity index (χ4n) is 2.98. The van der Waals surface area contributed by atoms with Crippen molar-refractivity contribution < 1.29 is 19.1 Å². The van der Waals surface area contributed by atoms with Crippen molar-refractivity contribution in [3.8, 4) is 5.69 Å². The highest BCUT2D eigenvalue weighted by Crippen LogP contribution is 2.29. The molecule has 0 radical (unpaired) electrons. The summed E-state index contributed by atoms with van der Waals surface area (Å²) in [6.45, 7) is 10.0. The molecule has 0 aliphatic heterocycles. The molecule has 0 spiro atoms. The number of halogens is 1. The van der Waals surface area contributed by atoms with E-state index in [2.05, 4.69) is 10.4 Å². The number of hydrogen-bond donors (Lipinski definition) is 1. The zero-order valence-electron chi connectivity index (χ0n) is 19.3. The third kappa shape index (κ3) is 6.82. The van der Waals surface area contributed by atoms with Crippen LogP contribution in [0.3, 0.4) is 0 Å². The minimum Gasteiger partial charge on any atom is -0.466 e. The number of rotatable bonds is 9. The Kier molecular flexibility index (Phi) is 8.83. The van der Waals surface area contributed by atoms with E-state index < -0.39 is 5.97 Å². The van der Waals surface area contributed by atoms with Gasteiger partial charge in [0.25, 0.3) is 0 Å². The van der Waals surface area contributed by atoms with E-state index in [0.717, 1.165) is 5.69 Å². The van der Waals surface area contributed by atoms with Crippen LogP contribution in [0.1, 0.15) is 53.2 Å². The number of ether oxygens (including phenoxy) is 1. The summed E-state index contributed by atoms with van der Waals surface area (Å²) in [5, 5.41) is 8.00. The molecule has 0 aliphatic rings. The van der Waals surface area contributed by atoms with Crippen LogP contribution in [-0.2, 0) is 24.5 Å². The fourth-order valence-corrected chi connectivity index (χ4v) is 3.19. The van der Waals surface area contributed by atoms with Gasteiger partial charge in [0.2, 0.25) is 11.8 Å². The topological polar surface area (TPSA) is 93.5 Å². The highest BCUT2D eigenvalue weighted by molar-refractivity contribution is 6.32. The molecule has 0 atom stereocenters. The molecule has 0 aliphatic carbocycles. The minimum absolute atomic E-state index is 0.00825. The van der Waals surface area contributed by atoms with Crippen LogP contribution < -0.4 is 5.32 Å². The van der Waals surface area contributed by atoms with Gasteiger partial charge in [-0.1, -0.05) is 44.5 Å². The van der Waals surface area contributed by atoms with Gasteiger partial charge in [0.1, 0.15) is 5.82 Å². The Morgan fingerprint density at radius 3 is 2.44 bits per heavy atom. The zero-order valence-corrected chi connectivity index (χ0v) is 20.0. The number of amides is 2. The van der Waals surface area contributed by atoms with Crippen molar-refractivity contribution in [2.75, 3.05) is 25.0 Å². The average Bonchev–Trinajstić information content (AvgIpc) is 3.14. The Labute approximate surface area is 193 Å². The van der Waals surface area contributed by atoms with Crippen LogP contribution in [0, 0.1) is 0 Å². The van der Waals surface area contributed by atoms with E-state index in [4.69, 9.17) is 16.3 Å². The number of hydrogen-bond acceptors (Lipinski definition) is 5. The molecule has 1 aromatic carbocycles. The Morgan fingerprint density at radius 2 is 1.84 bits per heavy atom. The van der Waals surface area contributed by atoms with Gasteiger partial charge in [-0.05, 0) is 26.0 Å². The van der Waals surface area contributed by atoms with Gasteiger partial charge in [-0.2, -0.15) is 5.10 Å². The number of aromatic nitrogens is 2. The summed E-state index contributed by atoms with van der Waals surface area (Å²) in [6, 6.07) is 9.03. The Morgan fingerprint density at radius 1 is 1.16 bits per heavy atom. The van der Waals surface area contributed by atoms with Crippen molar-refractivity contribution in [3.05, 3.63) is 41.0 Å². The summed E-state index contributed by atoms with van der Waals surface area (Å²) < 4.78 is 6.45. The number of carbonyl (C=O) groups excluding carboxylic acids is 3. The molecule has 0 bridgehead atoms. The van der Waals surface area contributed by atoms with E-state index in [1.807, 2.05) is 39.0 Å². The van der Waals surface area contributed by atoms with Gasteiger partial charge < -0.3 is 15.0 Å². The van der Waals surface area contributed by atoms with E-state index in [1.54, 1.807) is 30.7 Å². The number of likely N-dealkylation sites (N-methyl/N-ethyl adjacent to an activating group) is 1. The lowest BCUT2D eigenvalue weighted by atomic mass is 9.92. The second kappa shape index (κ2) is 11.1. The Balaban J connectivity index is 2.17. The second-order valence-corrected chi connectivity index (χ2v) is 8.70. The summed E-state index contributed by atoms with van der Waals surface area (Å²) in [4.78, 5) is 38.1. The van der Waals surface area contributed by atoms with Crippen LogP contribution >= 0.6 is 11.6 Å². The van der Waals surface area contributed by atoms with E-state index in [-0.39, 0.29) is 43.2 Å². The van der Waals surface area contributed by atoms with Crippen LogP contribution in [0.2, 0.25) is 5.02 Å². The number of anilines is 1. The van der Waals surface area contributed by atoms with Crippen LogP contribution in [0.15, 0.2) is 30.3 Å². The maximum absolute atomic E-state index is 12.8. The molecule has 0 unspecified atom stereocenters. The molecule has 2 rings (SSSR count). The fraction of sp³-hybridized carbons (Fsp3) is 0.478. The third-order valence-electron chi connectivity index (χ3n) is 4.74. The van der Waals surface area contributed by atoms with Gasteiger partial charge in [0.05, 0.1) is 36.0 Å². The van der Waals surface area contributed by atoms with Crippen LogP contribution in [0.5, 0.6) is 0 Å². The summed E-state index contributed by atoms with van der Waals surface area (Å²) in [5.41, 5.74) is 1.17. The summed E-state index contributed by atoms with van der Waals surface area (Å²) in [6.07, 6.45) is -0.0231. The molecule has 0 saturated carbocycles. The summed E-state index contributed by atoms with van der Waals surface area (Å²) >= 11 is 6.36. The molecule has 1 heterocycles. The number of nitrogens with zero attached hydrogens (tertiary/aromatic N) is 3. The molecule has 0 saturated heterocycles. The minimum atomic E-state index is -0.431. The van der Waals surface area contributed by atoms with Crippen molar-refractivity contribution in [2.45, 2.75) is 52.9 Å². The molecular formula is C23H31ClN4O4. The maximum atomic E-state index is 12.8. The van der Waals surface area contributed by atoms with Crippen molar-refractivity contribution in [3.63, 3.8) is 0 Å². The highest BCUT2D eigenvalue weighted by Gasteiger charge is 2.23. The lowest BCUT2D eigenvalue weighted by molar-refractivity contribution is -0.145. The van der Waals surface area contributed by atoms with E-state index in [9.17, 15) is 14.4 Å². The van der Waals surface area contributed by atoms with Crippen LogP contribution in [-0.4, -0.2) is 52.2 Å². The van der Waals surface area contributed by atoms with Crippen molar-refractivity contribution in [1.82, 2.24) is 14.7 Å². The predicted octanol–water partition coefficient (Wildman–Crippen LogP) is 3.95. The molecule has 2 amide bonds. The quantitative estimate of drug-likeness (QED) is 0.569. The molecule has 1 N–H and O–H groups in total.